The summed E-state index contributed by atoms with van der Waals surface area (Å²) in [6.45, 7) is 1.53. The molecule has 3 nitrogen and oxygen atoms in total. The van der Waals surface area contributed by atoms with Crippen LogP contribution in [-0.4, -0.2) is 12.1 Å². The zero-order chi connectivity index (χ0) is 11.4. The minimum atomic E-state index is -2.63. The molecule has 0 saturated heterocycles. The first-order valence-electron chi connectivity index (χ1n) is 4.29. The van der Waals surface area contributed by atoms with Crippen molar-refractivity contribution in [3.63, 3.8) is 0 Å². The van der Waals surface area contributed by atoms with Gasteiger partial charge in [-0.05, 0) is 18.6 Å². The number of hydrogen-bond donors (Lipinski definition) is 0. The highest BCUT2D eigenvalue weighted by atomic mass is 19.3. The Morgan fingerprint density at radius 2 is 2.27 bits per heavy atom. The molecule has 0 bridgehead atoms. The van der Waals surface area contributed by atoms with Crippen molar-refractivity contribution in [3.8, 4) is 11.8 Å². The van der Waals surface area contributed by atoms with Crippen LogP contribution >= 0.6 is 0 Å². The summed E-state index contributed by atoms with van der Waals surface area (Å²) in [5, 5.41) is 8.51. The van der Waals surface area contributed by atoms with Gasteiger partial charge in [-0.15, -0.1) is 0 Å². The Morgan fingerprint density at radius 1 is 1.60 bits per heavy atom. The van der Waals surface area contributed by atoms with E-state index in [9.17, 15) is 8.78 Å². The lowest BCUT2D eigenvalue weighted by Gasteiger charge is -2.10. The molecule has 0 aliphatic rings. The van der Waals surface area contributed by atoms with Crippen LogP contribution in [-0.2, 0) is 6.42 Å². The highest BCUT2D eigenvalue weighted by Gasteiger charge is 2.16. The molecule has 1 heterocycles. The van der Waals surface area contributed by atoms with Crippen LogP contribution in [0.25, 0.3) is 0 Å². The highest BCUT2D eigenvalue weighted by Crippen LogP contribution is 2.26. The summed E-state index contributed by atoms with van der Waals surface area (Å²) in [6, 6.07) is 3.33. The highest BCUT2D eigenvalue weighted by molar-refractivity contribution is 5.36. The van der Waals surface area contributed by atoms with Crippen LogP contribution in [0.15, 0.2) is 6.07 Å². The molecule has 0 spiro atoms. The summed E-state index contributed by atoms with van der Waals surface area (Å²) < 4.78 is 30.0. The van der Waals surface area contributed by atoms with E-state index in [-0.39, 0.29) is 17.8 Å². The second kappa shape index (κ2) is 4.69. The molecule has 0 unspecified atom stereocenters. The number of nitrogens with zero attached hydrogens (tertiary/aromatic N) is 2. The van der Waals surface area contributed by atoms with E-state index in [2.05, 4.69) is 4.98 Å². The minimum Gasteiger partial charge on any atom is -0.495 e. The maximum absolute atomic E-state index is 12.5. The van der Waals surface area contributed by atoms with Crippen molar-refractivity contribution in [1.29, 1.82) is 5.26 Å². The van der Waals surface area contributed by atoms with Gasteiger partial charge in [0.05, 0.1) is 25.3 Å². The number of hydrogen-bond acceptors (Lipinski definition) is 3. The van der Waals surface area contributed by atoms with Crippen LogP contribution in [0.5, 0.6) is 5.75 Å². The Labute approximate surface area is 86.3 Å². The third-order valence-corrected chi connectivity index (χ3v) is 1.96. The quantitative estimate of drug-likeness (QED) is 0.772. The molecule has 1 aromatic rings. The number of rotatable bonds is 3. The van der Waals surface area contributed by atoms with Gasteiger partial charge in [-0.1, -0.05) is 0 Å². The number of halogens is 2. The molecule has 80 valence electrons. The number of pyridine rings is 1. The summed E-state index contributed by atoms with van der Waals surface area (Å²) >= 11 is 0. The number of ether oxygens (including phenoxy) is 1. The molecule has 0 atom stereocenters. The van der Waals surface area contributed by atoms with Gasteiger partial charge < -0.3 is 4.74 Å². The van der Waals surface area contributed by atoms with Crippen LogP contribution in [0.4, 0.5) is 8.78 Å². The lowest BCUT2D eigenvalue weighted by atomic mass is 10.1. The van der Waals surface area contributed by atoms with Gasteiger partial charge >= 0.3 is 0 Å². The summed E-state index contributed by atoms with van der Waals surface area (Å²) in [4.78, 5) is 3.73. The molecule has 0 saturated carbocycles. The topological polar surface area (TPSA) is 45.9 Å². The van der Waals surface area contributed by atoms with Crippen LogP contribution in [0.2, 0.25) is 0 Å². The second-order valence-electron chi connectivity index (χ2n) is 2.98. The van der Waals surface area contributed by atoms with Crippen molar-refractivity contribution >= 4 is 0 Å². The molecule has 0 N–H and O–H groups in total. The maximum atomic E-state index is 12.5. The third kappa shape index (κ3) is 2.40. The monoisotopic (exact) mass is 212 g/mol. The smallest absolute Gasteiger partial charge is 0.280 e. The van der Waals surface area contributed by atoms with Gasteiger partial charge in [-0.2, -0.15) is 5.26 Å². The molecule has 1 aromatic heterocycles. The molecule has 0 aromatic carbocycles. The fourth-order valence-electron chi connectivity index (χ4n) is 1.24. The van der Waals surface area contributed by atoms with Gasteiger partial charge in [0.15, 0.2) is 0 Å². The predicted molar refractivity (Wildman–Crippen MR) is 49.8 cm³/mol. The van der Waals surface area contributed by atoms with E-state index in [1.807, 2.05) is 6.07 Å². The molecule has 0 aliphatic carbocycles. The Bertz CT molecular complexity index is 399. The number of methoxy groups -OCH3 is 1. The molecular formula is C10H10F2N2O. The predicted octanol–water partition coefficient (Wildman–Crippen LogP) is 2.40. The molecule has 0 radical (unpaired) electrons. The number of nitriles is 1. The molecule has 15 heavy (non-hydrogen) atoms. The van der Waals surface area contributed by atoms with Crippen molar-refractivity contribution < 1.29 is 13.5 Å². The normalized spacial score (nSPS) is 10.1. The Kier molecular flexibility index (Phi) is 3.56. The van der Waals surface area contributed by atoms with Crippen LogP contribution < -0.4 is 4.74 Å². The number of alkyl halides is 2. The summed E-state index contributed by atoms with van der Waals surface area (Å²) in [7, 11) is 1.42. The third-order valence-electron chi connectivity index (χ3n) is 1.96. The lowest BCUT2D eigenvalue weighted by Crippen LogP contribution is -2.02. The number of aromatic nitrogens is 1. The Hall–Kier alpha value is -1.70. The molecule has 5 heteroatoms. The van der Waals surface area contributed by atoms with Crippen LogP contribution in [0, 0.1) is 18.3 Å². The van der Waals surface area contributed by atoms with E-state index in [4.69, 9.17) is 10.00 Å². The minimum absolute atomic E-state index is 0.0385. The van der Waals surface area contributed by atoms with E-state index < -0.39 is 6.43 Å². The van der Waals surface area contributed by atoms with E-state index in [0.717, 1.165) is 0 Å². The number of aryl methyl sites for hydroxylation is 1. The molecule has 1 rings (SSSR count). The van der Waals surface area contributed by atoms with Gasteiger partial charge in [0.1, 0.15) is 11.4 Å². The molecule has 0 amide bonds. The Morgan fingerprint density at radius 3 is 2.73 bits per heavy atom. The van der Waals surface area contributed by atoms with Crippen molar-refractivity contribution in [1.82, 2.24) is 4.98 Å². The van der Waals surface area contributed by atoms with Gasteiger partial charge in [0.25, 0.3) is 6.43 Å². The van der Waals surface area contributed by atoms with Gasteiger partial charge in [0.2, 0.25) is 0 Å². The fourth-order valence-corrected chi connectivity index (χ4v) is 1.24. The van der Waals surface area contributed by atoms with Crippen molar-refractivity contribution in [2.75, 3.05) is 7.11 Å². The first kappa shape index (κ1) is 11.4. The molecular weight excluding hydrogens is 202 g/mol. The molecule has 0 aliphatic heterocycles. The van der Waals surface area contributed by atoms with Crippen LogP contribution in [0.1, 0.15) is 23.4 Å². The van der Waals surface area contributed by atoms with Crippen LogP contribution in [0.3, 0.4) is 0 Å². The van der Waals surface area contributed by atoms with Crippen molar-refractivity contribution in [2.45, 2.75) is 19.8 Å². The Balaban J connectivity index is 3.25. The van der Waals surface area contributed by atoms with E-state index >= 15 is 0 Å². The SMILES string of the molecule is COc1cc(C)c(C(F)F)nc1CC#N. The zero-order valence-corrected chi connectivity index (χ0v) is 8.42. The molecule has 0 fully saturated rings. The lowest BCUT2D eigenvalue weighted by molar-refractivity contribution is 0.145. The summed E-state index contributed by atoms with van der Waals surface area (Å²) in [5.41, 5.74) is 0.325. The average Bonchev–Trinajstić information content (AvgIpc) is 2.20. The summed E-state index contributed by atoms with van der Waals surface area (Å²) in [5.74, 6) is 0.374. The van der Waals surface area contributed by atoms with E-state index in [1.54, 1.807) is 0 Å². The van der Waals surface area contributed by atoms with E-state index in [1.165, 1.54) is 20.1 Å². The first-order valence-corrected chi connectivity index (χ1v) is 4.29. The fraction of sp³-hybridized carbons (Fsp3) is 0.400. The van der Waals surface area contributed by atoms with Crippen molar-refractivity contribution in [3.05, 3.63) is 23.0 Å². The van der Waals surface area contributed by atoms with Crippen molar-refractivity contribution in [2.24, 2.45) is 0 Å². The second-order valence-corrected chi connectivity index (χ2v) is 2.98. The maximum Gasteiger partial charge on any atom is 0.280 e. The largest absolute Gasteiger partial charge is 0.495 e. The zero-order valence-electron chi connectivity index (χ0n) is 8.42. The van der Waals surface area contributed by atoms with Gasteiger partial charge in [-0.25, -0.2) is 13.8 Å². The van der Waals surface area contributed by atoms with E-state index in [0.29, 0.717) is 11.3 Å². The standard InChI is InChI=1S/C10H10F2N2O/c1-6-5-8(15-2)7(3-4-13)14-9(6)10(11)12/h5,10H,3H2,1-2H3. The van der Waals surface area contributed by atoms with Gasteiger partial charge in [0, 0.05) is 0 Å². The summed E-state index contributed by atoms with van der Waals surface area (Å²) in [6.07, 6.45) is -2.67. The average molecular weight is 212 g/mol. The first-order chi connectivity index (χ1) is 7.10. The van der Waals surface area contributed by atoms with Gasteiger partial charge in [-0.3, -0.25) is 0 Å².